The van der Waals surface area contributed by atoms with Gasteiger partial charge < -0.3 is 15.3 Å². The van der Waals surface area contributed by atoms with Crippen LogP contribution in [-0.2, 0) is 0 Å². The van der Waals surface area contributed by atoms with Crippen LogP contribution in [0.1, 0.15) is 24.0 Å². The van der Waals surface area contributed by atoms with Gasteiger partial charge in [0.15, 0.2) is 0 Å². The number of rotatable bonds is 3. The van der Waals surface area contributed by atoms with Crippen molar-refractivity contribution >= 4 is 5.69 Å². The number of nitrogens with one attached hydrogen (secondary N) is 1. The number of likely N-dealkylation sites (N-methyl/N-ethyl adjacent to an activating group) is 1. The fourth-order valence-corrected chi connectivity index (χ4v) is 3.04. The van der Waals surface area contributed by atoms with Gasteiger partial charge in [-0.3, -0.25) is 0 Å². The van der Waals surface area contributed by atoms with Gasteiger partial charge in [-0.1, -0.05) is 18.2 Å². The highest BCUT2D eigenvalue weighted by Crippen LogP contribution is 2.30. The molecule has 1 saturated heterocycles. The molecule has 1 aromatic carbocycles. The molecule has 100 valence electrons. The second kappa shape index (κ2) is 5.29. The van der Waals surface area contributed by atoms with Crippen LogP contribution in [0.2, 0.25) is 0 Å². The Kier molecular flexibility index (Phi) is 3.93. The number of nitrogens with zero attached hydrogens (tertiary/aromatic N) is 1. The van der Waals surface area contributed by atoms with Crippen molar-refractivity contribution in [1.29, 1.82) is 0 Å². The zero-order valence-electron chi connectivity index (χ0n) is 11.7. The number of piperidine rings is 1. The summed E-state index contributed by atoms with van der Waals surface area (Å²) in [6, 6.07) is 6.43. The van der Waals surface area contributed by atoms with Crippen LogP contribution in [0.3, 0.4) is 0 Å². The third kappa shape index (κ3) is 2.38. The van der Waals surface area contributed by atoms with Crippen LogP contribution >= 0.6 is 0 Å². The summed E-state index contributed by atoms with van der Waals surface area (Å²) in [6.07, 6.45) is 2.16. The topological polar surface area (TPSA) is 35.5 Å². The van der Waals surface area contributed by atoms with E-state index in [0.29, 0.717) is 0 Å². The zero-order chi connectivity index (χ0) is 13.2. The summed E-state index contributed by atoms with van der Waals surface area (Å²) in [7, 11) is 1.95. The Labute approximate surface area is 110 Å². The van der Waals surface area contributed by atoms with Gasteiger partial charge in [0.1, 0.15) is 0 Å². The number of benzene rings is 1. The van der Waals surface area contributed by atoms with Crippen molar-refractivity contribution in [3.8, 4) is 0 Å². The first-order valence-corrected chi connectivity index (χ1v) is 6.73. The molecular weight excluding hydrogens is 224 g/mol. The molecule has 1 aromatic rings. The molecule has 1 fully saturated rings. The lowest BCUT2D eigenvalue weighted by Crippen LogP contribution is -2.58. The van der Waals surface area contributed by atoms with Crippen molar-refractivity contribution in [1.82, 2.24) is 5.32 Å². The maximum Gasteiger partial charge on any atom is 0.0630 e. The quantitative estimate of drug-likeness (QED) is 0.857. The molecule has 2 rings (SSSR count). The molecule has 0 radical (unpaired) electrons. The van der Waals surface area contributed by atoms with E-state index in [1.165, 1.54) is 16.8 Å². The Morgan fingerprint density at radius 3 is 2.56 bits per heavy atom. The molecule has 0 bridgehead atoms. The van der Waals surface area contributed by atoms with Crippen molar-refractivity contribution < 1.29 is 5.11 Å². The van der Waals surface area contributed by atoms with Crippen LogP contribution in [-0.4, -0.2) is 37.4 Å². The van der Waals surface area contributed by atoms with Crippen LogP contribution in [0.5, 0.6) is 0 Å². The Balaban J connectivity index is 2.28. The molecule has 0 spiro atoms. The van der Waals surface area contributed by atoms with Gasteiger partial charge >= 0.3 is 0 Å². The number of aliphatic hydroxyl groups is 1. The summed E-state index contributed by atoms with van der Waals surface area (Å²) in [5, 5.41) is 13.0. The molecule has 18 heavy (non-hydrogen) atoms. The summed E-state index contributed by atoms with van der Waals surface area (Å²) in [5.41, 5.74) is 3.83. The largest absolute Gasteiger partial charge is 0.394 e. The number of para-hydroxylation sites is 1. The van der Waals surface area contributed by atoms with Crippen LogP contribution in [0.25, 0.3) is 0 Å². The van der Waals surface area contributed by atoms with Crippen LogP contribution in [0.15, 0.2) is 18.2 Å². The fourth-order valence-electron chi connectivity index (χ4n) is 3.04. The molecular formula is C15H24N2O. The highest BCUT2D eigenvalue weighted by atomic mass is 16.3. The Hall–Kier alpha value is -1.06. The predicted molar refractivity (Wildman–Crippen MR) is 76.2 cm³/mol. The average Bonchev–Trinajstić information content (AvgIpc) is 2.39. The van der Waals surface area contributed by atoms with Crippen molar-refractivity contribution in [2.45, 2.75) is 32.2 Å². The lowest BCUT2D eigenvalue weighted by molar-refractivity contribution is 0.149. The number of anilines is 1. The average molecular weight is 248 g/mol. The van der Waals surface area contributed by atoms with Crippen LogP contribution in [0, 0.1) is 13.8 Å². The van der Waals surface area contributed by atoms with Gasteiger partial charge in [0.05, 0.1) is 12.1 Å². The molecule has 3 nitrogen and oxygen atoms in total. The first kappa shape index (κ1) is 13.4. The number of aliphatic hydroxyl groups excluding tert-OH is 1. The lowest BCUT2D eigenvalue weighted by atomic mass is 9.89. The number of hydrogen-bond acceptors (Lipinski definition) is 3. The van der Waals surface area contributed by atoms with Crippen molar-refractivity contribution in [2.75, 3.05) is 31.6 Å². The third-order valence-electron chi connectivity index (χ3n) is 4.17. The van der Waals surface area contributed by atoms with Gasteiger partial charge in [-0.05, 0) is 44.9 Å². The number of aryl methyl sites for hydroxylation is 2. The second-order valence-corrected chi connectivity index (χ2v) is 5.45. The van der Waals surface area contributed by atoms with E-state index in [2.05, 4.69) is 42.3 Å². The smallest absolute Gasteiger partial charge is 0.0630 e. The second-order valence-electron chi connectivity index (χ2n) is 5.45. The zero-order valence-corrected chi connectivity index (χ0v) is 11.7. The van der Waals surface area contributed by atoms with Crippen molar-refractivity contribution in [2.24, 2.45) is 0 Å². The highest BCUT2D eigenvalue weighted by Gasteiger charge is 2.34. The van der Waals surface area contributed by atoms with E-state index in [0.717, 1.165) is 25.9 Å². The Morgan fingerprint density at radius 2 is 2.00 bits per heavy atom. The first-order chi connectivity index (χ1) is 8.62. The normalized spacial score (nSPS) is 24.3. The van der Waals surface area contributed by atoms with E-state index in [1.807, 2.05) is 7.05 Å². The maximum atomic E-state index is 9.66. The standard InChI is InChI=1S/C15H24N2O/c1-12-6-4-7-13(2)14(12)17-9-5-8-15(10-17,11-18)16-3/h4,6-7,16,18H,5,8-11H2,1-3H3. The summed E-state index contributed by atoms with van der Waals surface area (Å²) >= 11 is 0. The molecule has 3 heteroatoms. The van der Waals surface area contributed by atoms with E-state index >= 15 is 0 Å². The summed E-state index contributed by atoms with van der Waals surface area (Å²) in [4.78, 5) is 2.42. The van der Waals surface area contributed by atoms with Crippen LogP contribution in [0.4, 0.5) is 5.69 Å². The maximum absolute atomic E-state index is 9.66. The molecule has 2 N–H and O–H groups in total. The summed E-state index contributed by atoms with van der Waals surface area (Å²) in [6.45, 7) is 6.49. The molecule has 1 atom stereocenters. The molecule has 0 amide bonds. The van der Waals surface area contributed by atoms with Gasteiger partial charge in [-0.2, -0.15) is 0 Å². The van der Waals surface area contributed by atoms with E-state index in [9.17, 15) is 5.11 Å². The molecule has 0 saturated carbocycles. The molecule has 1 aliphatic rings. The SMILES string of the molecule is CNC1(CO)CCCN(c2c(C)cccc2C)C1. The predicted octanol–water partition coefficient (Wildman–Crippen LogP) is 1.85. The van der Waals surface area contributed by atoms with Crippen molar-refractivity contribution in [3.63, 3.8) is 0 Å². The van der Waals surface area contributed by atoms with Gasteiger partial charge in [-0.25, -0.2) is 0 Å². The summed E-state index contributed by atoms with van der Waals surface area (Å²) in [5.74, 6) is 0. The molecule has 1 aliphatic heterocycles. The Morgan fingerprint density at radius 1 is 1.33 bits per heavy atom. The molecule has 0 aromatic heterocycles. The van der Waals surface area contributed by atoms with Gasteiger partial charge in [0, 0.05) is 18.8 Å². The van der Waals surface area contributed by atoms with Gasteiger partial charge in [0.2, 0.25) is 0 Å². The minimum Gasteiger partial charge on any atom is -0.394 e. The number of hydrogen-bond donors (Lipinski definition) is 2. The van der Waals surface area contributed by atoms with E-state index in [4.69, 9.17) is 0 Å². The fraction of sp³-hybridized carbons (Fsp3) is 0.600. The van der Waals surface area contributed by atoms with E-state index in [-0.39, 0.29) is 12.1 Å². The van der Waals surface area contributed by atoms with E-state index < -0.39 is 0 Å². The lowest BCUT2D eigenvalue weighted by Gasteiger charge is -2.43. The first-order valence-electron chi connectivity index (χ1n) is 6.73. The van der Waals surface area contributed by atoms with Gasteiger partial charge in [0.25, 0.3) is 0 Å². The Bertz CT molecular complexity index is 393. The molecule has 1 heterocycles. The van der Waals surface area contributed by atoms with E-state index in [1.54, 1.807) is 0 Å². The van der Waals surface area contributed by atoms with Crippen molar-refractivity contribution in [3.05, 3.63) is 29.3 Å². The highest BCUT2D eigenvalue weighted by molar-refractivity contribution is 5.59. The monoisotopic (exact) mass is 248 g/mol. The minimum absolute atomic E-state index is 0.146. The summed E-state index contributed by atoms with van der Waals surface area (Å²) < 4.78 is 0. The third-order valence-corrected chi connectivity index (χ3v) is 4.17. The van der Waals surface area contributed by atoms with Gasteiger partial charge in [-0.15, -0.1) is 0 Å². The van der Waals surface area contributed by atoms with Crippen LogP contribution < -0.4 is 10.2 Å². The minimum atomic E-state index is -0.146. The molecule has 1 unspecified atom stereocenters. The molecule has 0 aliphatic carbocycles.